The Balaban J connectivity index is 1.49. The summed E-state index contributed by atoms with van der Waals surface area (Å²) in [5.41, 5.74) is -0.598. The number of amides is 1. The lowest BCUT2D eigenvalue weighted by Crippen LogP contribution is -2.54. The van der Waals surface area contributed by atoms with Gasteiger partial charge in [0.15, 0.2) is 0 Å². The van der Waals surface area contributed by atoms with E-state index in [1.54, 1.807) is 0 Å². The Morgan fingerprint density at radius 3 is 2.52 bits per heavy atom. The zero-order chi connectivity index (χ0) is 16.1. The average molecular weight is 318 g/mol. The lowest BCUT2D eigenvalue weighted by Gasteiger charge is -2.38. The molecule has 1 aliphatic carbocycles. The molecule has 1 saturated carbocycles. The third-order valence-electron chi connectivity index (χ3n) is 5.80. The van der Waals surface area contributed by atoms with Crippen LogP contribution in [0.25, 0.3) is 0 Å². The fourth-order valence-corrected chi connectivity index (χ4v) is 4.51. The second-order valence-corrected chi connectivity index (χ2v) is 7.58. The molecule has 1 amide bonds. The van der Waals surface area contributed by atoms with Crippen LogP contribution in [0.3, 0.4) is 0 Å². The first-order valence-corrected chi connectivity index (χ1v) is 9.39. The molecule has 1 unspecified atom stereocenters. The van der Waals surface area contributed by atoms with E-state index in [4.69, 9.17) is 0 Å². The third kappa shape index (κ3) is 4.24. The van der Waals surface area contributed by atoms with Crippen LogP contribution in [0.4, 0.5) is 0 Å². The largest absolute Gasteiger partial charge is 0.337 e. The Morgan fingerprint density at radius 1 is 1.09 bits per heavy atom. The molecule has 3 fully saturated rings. The second-order valence-electron chi connectivity index (χ2n) is 7.58. The lowest BCUT2D eigenvalue weighted by molar-refractivity contribution is -0.124. The maximum atomic E-state index is 12.5. The summed E-state index contributed by atoms with van der Waals surface area (Å²) in [5.74, 6) is 0.0375. The van der Waals surface area contributed by atoms with Crippen LogP contribution >= 0.6 is 0 Å². The number of carbonyl (C=O) groups is 1. The Hall–Kier alpha value is -1.12. The summed E-state index contributed by atoms with van der Waals surface area (Å²) >= 11 is 0. The van der Waals surface area contributed by atoms with Gasteiger partial charge in [0, 0.05) is 12.6 Å². The van der Waals surface area contributed by atoms with E-state index in [2.05, 4.69) is 21.2 Å². The minimum Gasteiger partial charge on any atom is -0.337 e. The summed E-state index contributed by atoms with van der Waals surface area (Å²) in [6.07, 6.45) is 9.99. The van der Waals surface area contributed by atoms with Crippen molar-refractivity contribution >= 4 is 5.91 Å². The summed E-state index contributed by atoms with van der Waals surface area (Å²) in [6.45, 7) is 4.92. The molecule has 0 radical (unpaired) electrons. The van der Waals surface area contributed by atoms with Crippen LogP contribution in [0, 0.1) is 11.3 Å². The fourth-order valence-electron chi connectivity index (χ4n) is 4.51. The molecule has 2 saturated heterocycles. The maximum Gasteiger partial charge on any atom is 0.235 e. The highest BCUT2D eigenvalue weighted by Gasteiger charge is 2.34. The molecule has 3 rings (SSSR count). The molecule has 3 aliphatic rings. The number of likely N-dealkylation sites (tertiary alicyclic amines) is 2. The minimum atomic E-state index is -0.598. The van der Waals surface area contributed by atoms with Crippen molar-refractivity contribution in [3.05, 3.63) is 0 Å². The van der Waals surface area contributed by atoms with Crippen LogP contribution in [0.5, 0.6) is 0 Å². The molecule has 0 aromatic heterocycles. The van der Waals surface area contributed by atoms with Crippen molar-refractivity contribution in [3.8, 4) is 6.07 Å². The van der Waals surface area contributed by atoms with Gasteiger partial charge in [-0.15, -0.1) is 0 Å². The number of nitriles is 1. The van der Waals surface area contributed by atoms with E-state index in [1.807, 2.05) is 0 Å². The molecule has 0 aromatic rings. The summed E-state index contributed by atoms with van der Waals surface area (Å²) in [5, 5.41) is 12.6. The Labute approximate surface area is 140 Å². The number of nitrogens with one attached hydrogen (secondary N) is 1. The zero-order valence-corrected chi connectivity index (χ0v) is 14.2. The van der Waals surface area contributed by atoms with Gasteiger partial charge in [-0.05, 0) is 58.2 Å². The molecule has 5 nitrogen and oxygen atoms in total. The Kier molecular flexibility index (Phi) is 5.55. The van der Waals surface area contributed by atoms with Crippen LogP contribution in [0.1, 0.15) is 57.8 Å². The van der Waals surface area contributed by atoms with Gasteiger partial charge in [0.25, 0.3) is 0 Å². The maximum absolute atomic E-state index is 12.5. The van der Waals surface area contributed by atoms with E-state index in [0.717, 1.165) is 38.8 Å². The van der Waals surface area contributed by atoms with E-state index in [1.165, 1.54) is 45.2 Å². The molecule has 2 heterocycles. The molecular formula is C18H30N4O. The monoisotopic (exact) mass is 318 g/mol. The average Bonchev–Trinajstić information content (AvgIpc) is 3.10. The van der Waals surface area contributed by atoms with Crippen molar-refractivity contribution in [2.45, 2.75) is 69.4 Å². The molecule has 5 heteroatoms. The fraction of sp³-hybridized carbons (Fsp3) is 0.889. The van der Waals surface area contributed by atoms with Gasteiger partial charge in [-0.3, -0.25) is 14.6 Å². The van der Waals surface area contributed by atoms with Gasteiger partial charge in [-0.1, -0.05) is 19.3 Å². The predicted octanol–water partition coefficient (Wildman–Crippen LogP) is 1.89. The zero-order valence-electron chi connectivity index (χ0n) is 14.2. The van der Waals surface area contributed by atoms with Gasteiger partial charge >= 0.3 is 0 Å². The van der Waals surface area contributed by atoms with Gasteiger partial charge in [0.05, 0.1) is 12.6 Å². The highest BCUT2D eigenvalue weighted by molar-refractivity contribution is 5.79. The number of hydrogen-bond acceptors (Lipinski definition) is 4. The van der Waals surface area contributed by atoms with E-state index in [9.17, 15) is 10.1 Å². The van der Waals surface area contributed by atoms with Gasteiger partial charge < -0.3 is 5.32 Å². The SMILES string of the molecule is N#CC1(NC(=O)CN2CCCC(N3CCCC3)C2)CCCCC1. The van der Waals surface area contributed by atoms with Crippen molar-refractivity contribution in [1.82, 2.24) is 15.1 Å². The van der Waals surface area contributed by atoms with E-state index < -0.39 is 5.54 Å². The predicted molar refractivity (Wildman–Crippen MR) is 89.8 cm³/mol. The Morgan fingerprint density at radius 2 is 1.83 bits per heavy atom. The molecule has 23 heavy (non-hydrogen) atoms. The molecular weight excluding hydrogens is 288 g/mol. The molecule has 1 N–H and O–H groups in total. The molecule has 0 aromatic carbocycles. The van der Waals surface area contributed by atoms with Crippen molar-refractivity contribution < 1.29 is 4.79 Å². The molecule has 128 valence electrons. The van der Waals surface area contributed by atoms with Crippen molar-refractivity contribution in [2.75, 3.05) is 32.7 Å². The Bertz CT molecular complexity index is 446. The lowest BCUT2D eigenvalue weighted by atomic mass is 9.83. The topological polar surface area (TPSA) is 59.4 Å². The quantitative estimate of drug-likeness (QED) is 0.860. The molecule has 0 spiro atoms. The molecule has 0 bridgehead atoms. The van der Waals surface area contributed by atoms with E-state index >= 15 is 0 Å². The smallest absolute Gasteiger partial charge is 0.235 e. The number of carbonyl (C=O) groups excluding carboxylic acids is 1. The molecule has 1 atom stereocenters. The summed E-state index contributed by atoms with van der Waals surface area (Å²) < 4.78 is 0. The first kappa shape index (κ1) is 16.7. The number of rotatable bonds is 4. The van der Waals surface area contributed by atoms with Crippen LogP contribution in [-0.2, 0) is 4.79 Å². The van der Waals surface area contributed by atoms with E-state index in [0.29, 0.717) is 12.6 Å². The minimum absolute atomic E-state index is 0.0375. The first-order valence-electron chi connectivity index (χ1n) is 9.39. The van der Waals surface area contributed by atoms with Crippen LogP contribution < -0.4 is 5.32 Å². The highest BCUT2D eigenvalue weighted by Crippen LogP contribution is 2.27. The normalized spacial score (nSPS) is 29.1. The van der Waals surface area contributed by atoms with Crippen LogP contribution in [-0.4, -0.2) is 60.0 Å². The molecule has 2 aliphatic heterocycles. The van der Waals surface area contributed by atoms with Crippen molar-refractivity contribution in [3.63, 3.8) is 0 Å². The highest BCUT2D eigenvalue weighted by atomic mass is 16.2. The first-order chi connectivity index (χ1) is 11.2. The van der Waals surface area contributed by atoms with Crippen LogP contribution in [0.15, 0.2) is 0 Å². The van der Waals surface area contributed by atoms with Gasteiger partial charge in [-0.2, -0.15) is 5.26 Å². The third-order valence-corrected chi connectivity index (χ3v) is 5.80. The van der Waals surface area contributed by atoms with E-state index in [-0.39, 0.29) is 5.91 Å². The summed E-state index contributed by atoms with van der Waals surface area (Å²) in [7, 11) is 0. The van der Waals surface area contributed by atoms with Crippen LogP contribution in [0.2, 0.25) is 0 Å². The second kappa shape index (κ2) is 7.63. The summed E-state index contributed by atoms with van der Waals surface area (Å²) in [4.78, 5) is 17.3. The number of hydrogen-bond donors (Lipinski definition) is 1. The van der Waals surface area contributed by atoms with Gasteiger partial charge in [0.1, 0.15) is 5.54 Å². The standard InChI is InChI=1S/C18H30N4O/c19-15-18(8-2-1-3-9-18)20-17(23)14-21-10-6-7-16(13-21)22-11-4-5-12-22/h16H,1-14H2,(H,20,23). The number of piperidine rings is 1. The van der Waals surface area contributed by atoms with Gasteiger partial charge in [-0.25, -0.2) is 0 Å². The van der Waals surface area contributed by atoms with Crippen molar-refractivity contribution in [1.29, 1.82) is 5.26 Å². The van der Waals surface area contributed by atoms with Crippen molar-refractivity contribution in [2.24, 2.45) is 0 Å². The van der Waals surface area contributed by atoms with Gasteiger partial charge in [0.2, 0.25) is 5.91 Å². The summed E-state index contributed by atoms with van der Waals surface area (Å²) in [6, 6.07) is 3.00. The number of nitrogens with zero attached hydrogens (tertiary/aromatic N) is 3.